The number of benzene rings is 1. The number of hydrogen-bond acceptors (Lipinski definition) is 4. The van der Waals surface area contributed by atoms with Gasteiger partial charge in [0.25, 0.3) is 0 Å². The average molecular weight is 268 g/mol. The molecule has 0 spiro atoms. The summed E-state index contributed by atoms with van der Waals surface area (Å²) in [7, 11) is 1.80. The zero-order chi connectivity index (χ0) is 14.3. The Hall–Kier alpha value is -2.76. The first-order valence-corrected chi connectivity index (χ1v) is 6.28. The highest BCUT2D eigenvalue weighted by atomic mass is 15.3. The minimum atomic E-state index is 0.575. The molecule has 2 heterocycles. The largest absolute Gasteiger partial charge is 0.383 e. The third-order valence-electron chi connectivity index (χ3n) is 3.41. The van der Waals surface area contributed by atoms with Crippen LogP contribution in [0.5, 0.6) is 0 Å². The first-order chi connectivity index (χ1) is 9.59. The Labute approximate surface area is 116 Å². The van der Waals surface area contributed by atoms with Crippen LogP contribution in [0.2, 0.25) is 0 Å². The summed E-state index contributed by atoms with van der Waals surface area (Å²) in [6.45, 7) is 1.93. The molecule has 20 heavy (non-hydrogen) atoms. The van der Waals surface area contributed by atoms with E-state index in [2.05, 4.69) is 10.2 Å². The van der Waals surface area contributed by atoms with Gasteiger partial charge in [-0.15, -0.1) is 0 Å². The van der Waals surface area contributed by atoms with Crippen molar-refractivity contribution >= 4 is 11.6 Å². The van der Waals surface area contributed by atoms with Gasteiger partial charge in [0.1, 0.15) is 17.3 Å². The number of hydrogen-bond donors (Lipinski definition) is 2. The lowest BCUT2D eigenvalue weighted by molar-refractivity contribution is 0.779. The van der Waals surface area contributed by atoms with E-state index >= 15 is 0 Å². The second-order valence-electron chi connectivity index (χ2n) is 4.67. The maximum atomic E-state index is 6.16. The Balaban J connectivity index is 2.18. The summed E-state index contributed by atoms with van der Waals surface area (Å²) in [5.41, 5.74) is 15.5. The molecule has 0 aliphatic carbocycles. The number of aromatic nitrogens is 4. The van der Waals surface area contributed by atoms with E-state index < -0.39 is 0 Å². The van der Waals surface area contributed by atoms with Crippen LogP contribution in [0.15, 0.2) is 36.5 Å². The normalized spacial score (nSPS) is 10.9. The van der Waals surface area contributed by atoms with Crippen molar-refractivity contribution in [1.82, 2.24) is 19.6 Å². The highest BCUT2D eigenvalue weighted by molar-refractivity contribution is 5.76. The van der Waals surface area contributed by atoms with Gasteiger partial charge in [0.15, 0.2) is 0 Å². The first kappa shape index (κ1) is 12.3. The summed E-state index contributed by atoms with van der Waals surface area (Å²) in [6.07, 6.45) is 1.71. The molecule has 0 amide bonds. The smallest absolute Gasteiger partial charge is 0.130 e. The van der Waals surface area contributed by atoms with Crippen molar-refractivity contribution in [2.45, 2.75) is 6.92 Å². The summed E-state index contributed by atoms with van der Waals surface area (Å²) in [4.78, 5) is 0. The van der Waals surface area contributed by atoms with Crippen LogP contribution in [0, 0.1) is 6.92 Å². The molecule has 0 aliphatic heterocycles. The molecule has 0 fully saturated rings. The molecule has 0 atom stereocenters. The molecule has 6 nitrogen and oxygen atoms in total. The fraction of sp³-hybridized carbons (Fsp3) is 0.143. The van der Waals surface area contributed by atoms with Crippen molar-refractivity contribution in [3.8, 4) is 16.9 Å². The molecule has 3 aromatic rings. The number of para-hydroxylation sites is 1. The van der Waals surface area contributed by atoms with Crippen LogP contribution >= 0.6 is 0 Å². The second kappa shape index (κ2) is 4.41. The van der Waals surface area contributed by atoms with E-state index in [9.17, 15) is 0 Å². The molecular formula is C14H16N6. The molecule has 0 unspecified atom stereocenters. The molecule has 0 saturated heterocycles. The van der Waals surface area contributed by atoms with E-state index in [4.69, 9.17) is 11.5 Å². The van der Waals surface area contributed by atoms with E-state index in [1.807, 2.05) is 37.3 Å². The van der Waals surface area contributed by atoms with Crippen molar-refractivity contribution < 1.29 is 0 Å². The van der Waals surface area contributed by atoms with Crippen molar-refractivity contribution in [3.05, 3.63) is 42.1 Å². The lowest BCUT2D eigenvalue weighted by Gasteiger charge is -2.02. The predicted octanol–water partition coefficient (Wildman–Crippen LogP) is 1.75. The lowest BCUT2D eigenvalue weighted by Crippen LogP contribution is -2.01. The Kier molecular flexibility index (Phi) is 2.71. The summed E-state index contributed by atoms with van der Waals surface area (Å²) in [6, 6.07) is 9.77. The van der Waals surface area contributed by atoms with Gasteiger partial charge >= 0.3 is 0 Å². The quantitative estimate of drug-likeness (QED) is 0.741. The van der Waals surface area contributed by atoms with Crippen LogP contribution in [0.4, 0.5) is 11.6 Å². The Morgan fingerprint density at radius 1 is 1.05 bits per heavy atom. The van der Waals surface area contributed by atoms with Gasteiger partial charge in [0.05, 0.1) is 17.4 Å². The highest BCUT2D eigenvalue weighted by Crippen LogP contribution is 2.31. The van der Waals surface area contributed by atoms with Crippen molar-refractivity contribution in [2.24, 2.45) is 7.05 Å². The van der Waals surface area contributed by atoms with Crippen LogP contribution in [-0.4, -0.2) is 19.6 Å². The summed E-state index contributed by atoms with van der Waals surface area (Å²) in [5, 5.41) is 8.73. The molecule has 0 saturated carbocycles. The number of nitrogens with two attached hydrogens (primary N) is 2. The Morgan fingerprint density at radius 3 is 2.35 bits per heavy atom. The van der Waals surface area contributed by atoms with E-state index in [0.717, 1.165) is 22.5 Å². The third-order valence-corrected chi connectivity index (χ3v) is 3.41. The van der Waals surface area contributed by atoms with Gasteiger partial charge in [-0.05, 0) is 19.1 Å². The van der Waals surface area contributed by atoms with Gasteiger partial charge in [-0.1, -0.05) is 18.2 Å². The molecular weight excluding hydrogens is 252 g/mol. The highest BCUT2D eigenvalue weighted by Gasteiger charge is 2.18. The average Bonchev–Trinajstić information content (AvgIpc) is 2.94. The van der Waals surface area contributed by atoms with Gasteiger partial charge < -0.3 is 11.5 Å². The number of nitrogens with zero attached hydrogens (tertiary/aromatic N) is 4. The van der Waals surface area contributed by atoms with Crippen LogP contribution in [0.3, 0.4) is 0 Å². The lowest BCUT2D eigenvalue weighted by atomic mass is 10.1. The molecule has 6 heteroatoms. The maximum absolute atomic E-state index is 6.16. The number of rotatable bonds is 2. The second-order valence-corrected chi connectivity index (χ2v) is 4.67. The number of anilines is 2. The maximum Gasteiger partial charge on any atom is 0.130 e. The van der Waals surface area contributed by atoms with E-state index in [1.54, 1.807) is 22.6 Å². The summed E-state index contributed by atoms with van der Waals surface area (Å²) in [5.74, 6) is 1.18. The monoisotopic (exact) mass is 268 g/mol. The summed E-state index contributed by atoms with van der Waals surface area (Å²) < 4.78 is 3.34. The van der Waals surface area contributed by atoms with Gasteiger partial charge in [-0.3, -0.25) is 4.68 Å². The van der Waals surface area contributed by atoms with Gasteiger partial charge in [-0.25, -0.2) is 4.68 Å². The zero-order valence-corrected chi connectivity index (χ0v) is 11.4. The first-order valence-electron chi connectivity index (χ1n) is 6.28. The van der Waals surface area contributed by atoms with Crippen LogP contribution in [-0.2, 0) is 7.05 Å². The minimum Gasteiger partial charge on any atom is -0.383 e. The van der Waals surface area contributed by atoms with Gasteiger partial charge in [-0.2, -0.15) is 10.2 Å². The van der Waals surface area contributed by atoms with Crippen molar-refractivity contribution in [3.63, 3.8) is 0 Å². The molecule has 2 aromatic heterocycles. The Bertz CT molecular complexity index is 754. The minimum absolute atomic E-state index is 0.575. The van der Waals surface area contributed by atoms with Crippen molar-refractivity contribution in [2.75, 3.05) is 11.5 Å². The molecule has 0 aliphatic rings. The van der Waals surface area contributed by atoms with E-state index in [1.165, 1.54) is 0 Å². The summed E-state index contributed by atoms with van der Waals surface area (Å²) >= 11 is 0. The standard InChI is InChI=1S/C14H16N6/c1-9-12(11-8-17-19(2)14(11)16)18-20(13(9)15)10-6-4-3-5-7-10/h3-8H,15-16H2,1-2H3. The fourth-order valence-corrected chi connectivity index (χ4v) is 2.16. The molecule has 4 N–H and O–H groups in total. The molecule has 1 aromatic carbocycles. The molecule has 102 valence electrons. The SMILES string of the molecule is Cc1c(-c2cnn(C)c2N)nn(-c2ccccc2)c1N. The zero-order valence-electron chi connectivity index (χ0n) is 11.4. The molecule has 3 rings (SSSR count). The number of aryl methyl sites for hydroxylation is 1. The van der Waals surface area contributed by atoms with Gasteiger partial charge in [0.2, 0.25) is 0 Å². The van der Waals surface area contributed by atoms with E-state index in [-0.39, 0.29) is 0 Å². The molecule has 0 radical (unpaired) electrons. The van der Waals surface area contributed by atoms with Crippen LogP contribution in [0.1, 0.15) is 5.56 Å². The van der Waals surface area contributed by atoms with Crippen LogP contribution in [0.25, 0.3) is 16.9 Å². The van der Waals surface area contributed by atoms with Crippen molar-refractivity contribution in [1.29, 1.82) is 0 Å². The third kappa shape index (κ3) is 1.73. The number of nitrogen functional groups attached to an aromatic ring is 2. The van der Waals surface area contributed by atoms with Crippen LogP contribution < -0.4 is 11.5 Å². The topological polar surface area (TPSA) is 87.7 Å². The fourth-order valence-electron chi connectivity index (χ4n) is 2.16. The van der Waals surface area contributed by atoms with E-state index in [0.29, 0.717) is 11.6 Å². The molecule has 0 bridgehead atoms. The Morgan fingerprint density at radius 2 is 1.75 bits per heavy atom. The van der Waals surface area contributed by atoms with Gasteiger partial charge in [0, 0.05) is 12.6 Å². The predicted molar refractivity (Wildman–Crippen MR) is 79.3 cm³/mol.